The zero-order chi connectivity index (χ0) is 21.4. The van der Waals surface area contributed by atoms with Gasteiger partial charge in [0.05, 0.1) is 16.9 Å². The van der Waals surface area contributed by atoms with Gasteiger partial charge in [-0.2, -0.15) is 10.1 Å². The number of aryl methyl sites for hydroxylation is 2. The highest BCUT2D eigenvalue weighted by molar-refractivity contribution is 6.05. The number of nitrogens with zero attached hydrogens (tertiary/aromatic N) is 4. The Kier molecular flexibility index (Phi) is 4.86. The lowest BCUT2D eigenvalue weighted by atomic mass is 10.1. The molecule has 31 heavy (non-hydrogen) atoms. The molecule has 2 heterocycles. The molecule has 2 aromatic heterocycles. The van der Waals surface area contributed by atoms with E-state index in [9.17, 15) is 4.79 Å². The van der Waals surface area contributed by atoms with Gasteiger partial charge in [0.2, 0.25) is 11.7 Å². The molecular formula is C24H23N5O2. The van der Waals surface area contributed by atoms with Crippen LogP contribution in [0.5, 0.6) is 0 Å². The number of benzene rings is 2. The van der Waals surface area contributed by atoms with E-state index in [-0.39, 0.29) is 5.91 Å². The maximum absolute atomic E-state index is 12.8. The number of rotatable bonds is 6. The number of hydrogen-bond donors (Lipinski definition) is 1. The first-order valence-electron chi connectivity index (χ1n) is 10.5. The maximum Gasteiger partial charge on any atom is 0.259 e. The molecule has 1 N–H and O–H groups in total. The summed E-state index contributed by atoms with van der Waals surface area (Å²) in [6, 6.07) is 15.6. The van der Waals surface area contributed by atoms with Crippen molar-refractivity contribution in [1.82, 2.24) is 19.9 Å². The maximum atomic E-state index is 12.8. The molecular weight excluding hydrogens is 390 g/mol. The van der Waals surface area contributed by atoms with Crippen molar-refractivity contribution in [3.63, 3.8) is 0 Å². The van der Waals surface area contributed by atoms with Crippen LogP contribution in [0, 0.1) is 6.92 Å². The van der Waals surface area contributed by atoms with E-state index in [1.165, 1.54) is 5.56 Å². The Morgan fingerprint density at radius 1 is 1.19 bits per heavy atom. The largest absolute Gasteiger partial charge is 0.339 e. The lowest BCUT2D eigenvalue weighted by Crippen LogP contribution is -2.12. The number of amides is 1. The molecule has 7 nitrogen and oxygen atoms in total. The van der Waals surface area contributed by atoms with Gasteiger partial charge >= 0.3 is 0 Å². The normalized spacial score (nSPS) is 13.4. The smallest absolute Gasteiger partial charge is 0.259 e. The van der Waals surface area contributed by atoms with Crippen molar-refractivity contribution < 1.29 is 9.32 Å². The summed E-state index contributed by atoms with van der Waals surface area (Å²) in [5.41, 5.74) is 4.91. The average molecular weight is 413 g/mol. The van der Waals surface area contributed by atoms with Crippen LogP contribution in [0.4, 0.5) is 5.69 Å². The second-order valence-corrected chi connectivity index (χ2v) is 7.86. The zero-order valence-corrected chi connectivity index (χ0v) is 17.5. The lowest BCUT2D eigenvalue weighted by Gasteiger charge is -2.06. The Balaban J connectivity index is 1.34. The monoisotopic (exact) mass is 413 g/mol. The zero-order valence-electron chi connectivity index (χ0n) is 17.5. The Morgan fingerprint density at radius 2 is 2.00 bits per heavy atom. The number of aromatic nitrogens is 4. The summed E-state index contributed by atoms with van der Waals surface area (Å²) in [5, 5.41) is 11.6. The van der Waals surface area contributed by atoms with Gasteiger partial charge in [0.25, 0.3) is 5.91 Å². The third-order valence-electron chi connectivity index (χ3n) is 5.50. The van der Waals surface area contributed by atoms with Crippen LogP contribution in [0.1, 0.15) is 53.2 Å². The fourth-order valence-electron chi connectivity index (χ4n) is 3.49. The molecule has 1 aliphatic rings. The molecule has 0 saturated heterocycles. The van der Waals surface area contributed by atoms with Gasteiger partial charge < -0.3 is 9.84 Å². The van der Waals surface area contributed by atoms with Gasteiger partial charge in [0.15, 0.2) is 0 Å². The first kappa shape index (κ1) is 19.2. The van der Waals surface area contributed by atoms with Gasteiger partial charge in [-0.25, -0.2) is 4.68 Å². The van der Waals surface area contributed by atoms with Crippen LogP contribution in [0.3, 0.4) is 0 Å². The van der Waals surface area contributed by atoms with Gasteiger partial charge in [-0.1, -0.05) is 24.2 Å². The molecule has 7 heteroatoms. The van der Waals surface area contributed by atoms with Crippen molar-refractivity contribution in [3.05, 3.63) is 77.4 Å². The molecule has 0 bridgehead atoms. The van der Waals surface area contributed by atoms with Crippen molar-refractivity contribution in [3.8, 4) is 17.1 Å². The predicted molar refractivity (Wildman–Crippen MR) is 117 cm³/mol. The molecule has 0 unspecified atom stereocenters. The summed E-state index contributed by atoms with van der Waals surface area (Å²) < 4.78 is 7.05. The van der Waals surface area contributed by atoms with Gasteiger partial charge in [0, 0.05) is 23.4 Å². The number of carbonyl (C=O) groups excluding carboxylic acids is 1. The van der Waals surface area contributed by atoms with Gasteiger partial charge in [-0.05, 0) is 68.1 Å². The van der Waals surface area contributed by atoms with Crippen LogP contribution in [0.15, 0.2) is 59.3 Å². The van der Waals surface area contributed by atoms with Crippen LogP contribution in [0.25, 0.3) is 17.1 Å². The van der Waals surface area contributed by atoms with Gasteiger partial charge in [0.1, 0.15) is 0 Å². The van der Waals surface area contributed by atoms with Crippen LogP contribution < -0.4 is 5.32 Å². The first-order valence-corrected chi connectivity index (χ1v) is 10.5. The third kappa shape index (κ3) is 3.99. The fourth-order valence-corrected chi connectivity index (χ4v) is 3.49. The molecule has 5 rings (SSSR count). The Bertz CT molecular complexity index is 1240. The van der Waals surface area contributed by atoms with Crippen molar-refractivity contribution in [2.24, 2.45) is 0 Å². The molecule has 156 valence electrons. The first-order chi connectivity index (χ1) is 15.1. The van der Waals surface area contributed by atoms with Crippen LogP contribution in [-0.4, -0.2) is 25.8 Å². The van der Waals surface area contributed by atoms with E-state index >= 15 is 0 Å². The summed E-state index contributed by atoms with van der Waals surface area (Å²) >= 11 is 0. The van der Waals surface area contributed by atoms with Crippen molar-refractivity contribution in [2.45, 2.75) is 39.0 Å². The Morgan fingerprint density at radius 3 is 2.74 bits per heavy atom. The van der Waals surface area contributed by atoms with E-state index in [0.717, 1.165) is 42.1 Å². The molecule has 1 saturated carbocycles. The minimum absolute atomic E-state index is 0.173. The average Bonchev–Trinajstić information content (AvgIpc) is 3.39. The number of nitrogens with one attached hydrogen (secondary N) is 1. The minimum atomic E-state index is -0.173. The molecule has 4 aromatic rings. The number of carbonyl (C=O) groups is 1. The molecule has 0 aliphatic heterocycles. The van der Waals surface area contributed by atoms with E-state index in [4.69, 9.17) is 4.52 Å². The highest BCUT2D eigenvalue weighted by atomic mass is 16.5. The van der Waals surface area contributed by atoms with Gasteiger partial charge in [-0.3, -0.25) is 4.79 Å². The van der Waals surface area contributed by atoms with E-state index in [1.807, 2.05) is 55.5 Å². The fraction of sp³-hybridized carbons (Fsp3) is 0.250. The van der Waals surface area contributed by atoms with Crippen molar-refractivity contribution in [2.75, 3.05) is 5.32 Å². The van der Waals surface area contributed by atoms with Crippen LogP contribution in [0.2, 0.25) is 0 Å². The van der Waals surface area contributed by atoms with E-state index < -0.39 is 0 Å². The van der Waals surface area contributed by atoms with Crippen molar-refractivity contribution in [1.29, 1.82) is 0 Å². The minimum Gasteiger partial charge on any atom is -0.339 e. The number of anilines is 1. The summed E-state index contributed by atoms with van der Waals surface area (Å²) in [5.74, 6) is 1.58. The highest BCUT2D eigenvalue weighted by Gasteiger charge is 2.29. The molecule has 1 fully saturated rings. The molecule has 0 atom stereocenters. The van der Waals surface area contributed by atoms with Gasteiger partial charge in [-0.15, -0.1) is 0 Å². The quantitative estimate of drug-likeness (QED) is 0.485. The highest BCUT2D eigenvalue weighted by Crippen LogP contribution is 2.39. The molecule has 1 amide bonds. The molecule has 1 aliphatic carbocycles. The molecule has 0 radical (unpaired) electrons. The lowest BCUT2D eigenvalue weighted by molar-refractivity contribution is 0.102. The summed E-state index contributed by atoms with van der Waals surface area (Å²) in [6.07, 6.45) is 4.92. The van der Waals surface area contributed by atoms with Crippen molar-refractivity contribution >= 4 is 11.6 Å². The number of hydrogen-bond acceptors (Lipinski definition) is 5. The Hall–Kier alpha value is -3.74. The third-order valence-corrected chi connectivity index (χ3v) is 5.50. The van der Waals surface area contributed by atoms with Crippen LogP contribution in [-0.2, 0) is 6.42 Å². The van der Waals surface area contributed by atoms with E-state index in [2.05, 4.69) is 27.5 Å². The van der Waals surface area contributed by atoms with E-state index in [1.54, 1.807) is 10.9 Å². The second kappa shape index (κ2) is 7.83. The summed E-state index contributed by atoms with van der Waals surface area (Å²) in [4.78, 5) is 17.3. The predicted octanol–water partition coefficient (Wildman–Crippen LogP) is 4.92. The Labute approximate surface area is 180 Å². The molecule has 0 spiro atoms. The topological polar surface area (TPSA) is 85.8 Å². The standard InChI is InChI=1S/C24H23N5O2/c1-3-16-5-4-6-19(13-16)25-23(30)21-14-29(27-15(21)2)20-11-9-17(10-12-20)22-26-24(31-28-22)18-7-8-18/h4-6,9-14,18H,3,7-8H2,1-2H3,(H,25,30). The second-order valence-electron chi connectivity index (χ2n) is 7.86. The van der Waals surface area contributed by atoms with Crippen LogP contribution >= 0.6 is 0 Å². The van der Waals surface area contributed by atoms with E-state index in [0.29, 0.717) is 23.0 Å². The summed E-state index contributed by atoms with van der Waals surface area (Å²) in [7, 11) is 0. The SMILES string of the molecule is CCc1cccc(NC(=O)c2cn(-c3ccc(-c4noc(C5CC5)n4)cc3)nc2C)c1. The summed E-state index contributed by atoms with van der Waals surface area (Å²) in [6.45, 7) is 3.92. The molecule has 2 aromatic carbocycles.